The highest BCUT2D eigenvalue weighted by molar-refractivity contribution is 9.10. The molecule has 1 aliphatic rings. The van der Waals surface area contributed by atoms with E-state index in [4.69, 9.17) is 11.6 Å². The molecule has 31 heavy (non-hydrogen) atoms. The van der Waals surface area contributed by atoms with Gasteiger partial charge in [0.25, 0.3) is 0 Å². The Morgan fingerprint density at radius 3 is 2.16 bits per heavy atom. The fourth-order valence-corrected chi connectivity index (χ4v) is 6.36. The van der Waals surface area contributed by atoms with Crippen LogP contribution in [0.15, 0.2) is 58.4 Å². The van der Waals surface area contributed by atoms with Gasteiger partial charge in [-0.25, -0.2) is 13.2 Å². The number of nitrogens with zero attached hydrogens (tertiary/aromatic N) is 1. The van der Waals surface area contributed by atoms with Gasteiger partial charge in [0.15, 0.2) is 0 Å². The molecule has 2 aromatic carbocycles. The van der Waals surface area contributed by atoms with Crippen LogP contribution in [0, 0.1) is 17.6 Å². The molecule has 4 rings (SSSR count). The third-order valence-electron chi connectivity index (χ3n) is 5.80. The lowest BCUT2D eigenvalue weighted by Gasteiger charge is -2.49. The van der Waals surface area contributed by atoms with Crippen LogP contribution in [0.5, 0.6) is 0 Å². The highest BCUT2D eigenvalue weighted by Gasteiger charge is 2.45. The maximum absolute atomic E-state index is 15.2. The van der Waals surface area contributed by atoms with Gasteiger partial charge in [-0.2, -0.15) is 0 Å². The van der Waals surface area contributed by atoms with E-state index >= 15 is 4.39 Å². The van der Waals surface area contributed by atoms with Crippen LogP contribution in [0.25, 0.3) is 0 Å². The number of hydrogen-bond acceptors (Lipinski definition) is 2. The van der Waals surface area contributed by atoms with Crippen molar-refractivity contribution in [3.8, 4) is 0 Å². The van der Waals surface area contributed by atoms with Crippen LogP contribution in [-0.4, -0.2) is 23.7 Å². The molecule has 2 unspecified atom stereocenters. The lowest BCUT2D eigenvalue weighted by Crippen LogP contribution is -2.53. The van der Waals surface area contributed by atoms with Crippen LogP contribution in [0.1, 0.15) is 41.8 Å². The Morgan fingerprint density at radius 2 is 1.65 bits per heavy atom. The number of alkyl halides is 1. The van der Waals surface area contributed by atoms with Gasteiger partial charge in [-0.1, -0.05) is 23.7 Å². The molecule has 2 heterocycles. The van der Waals surface area contributed by atoms with Crippen molar-refractivity contribution in [3.05, 3.63) is 91.0 Å². The first-order valence-corrected chi connectivity index (χ1v) is 12.0. The zero-order valence-electron chi connectivity index (χ0n) is 17.1. The summed E-state index contributed by atoms with van der Waals surface area (Å²) in [5, 5.41) is 2.71. The summed E-state index contributed by atoms with van der Waals surface area (Å²) in [6.45, 7) is 4.21. The molecule has 0 saturated carbocycles. The lowest BCUT2D eigenvalue weighted by atomic mass is 9.72. The fraction of sp³-hybridized carbons (Fsp3) is 0.333. The third-order valence-corrected chi connectivity index (χ3v) is 7.80. The van der Waals surface area contributed by atoms with Crippen molar-refractivity contribution in [2.24, 2.45) is 5.92 Å². The van der Waals surface area contributed by atoms with Crippen molar-refractivity contribution in [1.29, 1.82) is 0 Å². The Labute approximate surface area is 198 Å². The Balaban J connectivity index is 1.62. The molecule has 0 spiro atoms. The maximum Gasteiger partial charge on any atom is 0.126 e. The van der Waals surface area contributed by atoms with Gasteiger partial charge >= 0.3 is 0 Å². The van der Waals surface area contributed by atoms with Crippen LogP contribution in [0.4, 0.5) is 13.2 Å². The minimum absolute atomic E-state index is 0.0115. The number of benzene rings is 2. The average Bonchev–Trinajstić information content (AvgIpc) is 3.05. The van der Waals surface area contributed by atoms with Crippen LogP contribution in [-0.2, 0) is 0 Å². The molecule has 0 radical (unpaired) electrons. The number of hydrogen-bond donors (Lipinski definition) is 0. The molecule has 0 N–H and O–H groups in total. The van der Waals surface area contributed by atoms with E-state index in [2.05, 4.69) is 26.9 Å². The van der Waals surface area contributed by atoms with Gasteiger partial charge in [-0.05, 0) is 77.2 Å². The second-order valence-electron chi connectivity index (χ2n) is 8.58. The summed E-state index contributed by atoms with van der Waals surface area (Å²) in [5.41, 5.74) is -0.139. The van der Waals surface area contributed by atoms with Gasteiger partial charge in [-0.15, -0.1) is 11.3 Å². The summed E-state index contributed by atoms with van der Waals surface area (Å²) in [5.74, 6) is -2.01. The first-order chi connectivity index (χ1) is 14.6. The van der Waals surface area contributed by atoms with E-state index in [1.807, 2.05) is 29.6 Å². The number of halogens is 5. The third kappa shape index (κ3) is 5.03. The minimum atomic E-state index is -1.61. The molecular formula is C24H22BrClF3NS. The van der Waals surface area contributed by atoms with E-state index in [0.29, 0.717) is 23.7 Å². The van der Waals surface area contributed by atoms with Crippen molar-refractivity contribution >= 4 is 38.9 Å². The maximum atomic E-state index is 15.2. The predicted octanol–water partition coefficient (Wildman–Crippen LogP) is 8.00. The molecule has 164 valence electrons. The topological polar surface area (TPSA) is 3.24 Å². The number of rotatable bonds is 6. The number of likely N-dealkylation sites (tertiary alicyclic amines) is 1. The quantitative estimate of drug-likeness (QED) is 0.313. The van der Waals surface area contributed by atoms with Gasteiger partial charge in [0.2, 0.25) is 0 Å². The first kappa shape index (κ1) is 22.8. The average molecular weight is 529 g/mol. The van der Waals surface area contributed by atoms with Gasteiger partial charge in [0, 0.05) is 44.8 Å². The highest BCUT2D eigenvalue weighted by Crippen LogP contribution is 2.46. The number of thiophene rings is 1. The Morgan fingerprint density at radius 1 is 1.03 bits per heavy atom. The molecule has 7 heteroatoms. The normalized spacial score (nSPS) is 17.4. The van der Waals surface area contributed by atoms with Crippen LogP contribution < -0.4 is 0 Å². The summed E-state index contributed by atoms with van der Waals surface area (Å²) >= 11 is 11.3. The van der Waals surface area contributed by atoms with E-state index < -0.39 is 23.2 Å². The van der Waals surface area contributed by atoms with Crippen molar-refractivity contribution < 1.29 is 13.2 Å². The van der Waals surface area contributed by atoms with Gasteiger partial charge in [-0.3, -0.25) is 4.90 Å². The van der Waals surface area contributed by atoms with Crippen molar-refractivity contribution in [2.45, 2.75) is 31.5 Å². The Kier molecular flexibility index (Phi) is 6.55. The summed E-state index contributed by atoms with van der Waals surface area (Å²) < 4.78 is 43.9. The monoisotopic (exact) mass is 527 g/mol. The van der Waals surface area contributed by atoms with E-state index in [-0.39, 0.29) is 12.0 Å². The fourth-order valence-electron chi connectivity index (χ4n) is 4.63. The Hall–Kier alpha value is -1.34. The van der Waals surface area contributed by atoms with Crippen LogP contribution in [0.3, 0.4) is 0 Å². The van der Waals surface area contributed by atoms with Crippen molar-refractivity contribution in [2.75, 3.05) is 13.1 Å². The second-order valence-corrected chi connectivity index (χ2v) is 10.9. The lowest BCUT2D eigenvalue weighted by molar-refractivity contribution is 0.00879. The van der Waals surface area contributed by atoms with Gasteiger partial charge in [0.05, 0.1) is 6.04 Å². The van der Waals surface area contributed by atoms with E-state index in [9.17, 15) is 8.78 Å². The van der Waals surface area contributed by atoms with Crippen molar-refractivity contribution in [1.82, 2.24) is 4.90 Å². The van der Waals surface area contributed by atoms with Crippen molar-refractivity contribution in [3.63, 3.8) is 0 Å². The van der Waals surface area contributed by atoms with E-state index in [1.165, 1.54) is 30.9 Å². The molecule has 1 saturated heterocycles. The zero-order valence-corrected chi connectivity index (χ0v) is 20.2. The molecule has 2 atom stereocenters. The van der Waals surface area contributed by atoms with Crippen LogP contribution >= 0.6 is 38.9 Å². The molecule has 1 aromatic heterocycles. The SMILES string of the molecule is CC(C)(F)C(c1cc(F)cc(F)c1)C1CN(C(c2ccc(Cl)cc2)c2cc(Br)cs2)C1. The smallest absolute Gasteiger partial charge is 0.126 e. The largest absolute Gasteiger partial charge is 0.291 e. The Bertz CT molecular complexity index is 1040. The molecule has 3 aromatic rings. The predicted molar refractivity (Wildman–Crippen MR) is 125 cm³/mol. The molecule has 1 fully saturated rings. The van der Waals surface area contributed by atoms with Crippen LogP contribution in [0.2, 0.25) is 5.02 Å². The molecule has 1 nitrogen and oxygen atoms in total. The summed E-state index contributed by atoms with van der Waals surface area (Å²) in [4.78, 5) is 3.45. The molecule has 0 bridgehead atoms. The minimum Gasteiger partial charge on any atom is -0.291 e. The molecular weight excluding hydrogens is 507 g/mol. The summed E-state index contributed by atoms with van der Waals surface area (Å²) in [6.07, 6.45) is 0. The molecule has 0 amide bonds. The first-order valence-electron chi connectivity index (χ1n) is 10.00. The summed E-state index contributed by atoms with van der Waals surface area (Å²) in [6, 6.07) is 13.2. The van der Waals surface area contributed by atoms with E-state index in [1.54, 1.807) is 11.3 Å². The van der Waals surface area contributed by atoms with Gasteiger partial charge < -0.3 is 0 Å². The molecule has 1 aliphatic heterocycles. The zero-order chi connectivity index (χ0) is 22.3. The summed E-state index contributed by atoms with van der Waals surface area (Å²) in [7, 11) is 0. The standard InChI is InChI=1S/C24H22BrClF3NS/c1-24(2,29)22(15-7-19(27)10-20(28)8-15)16-11-30(12-16)23(21-9-17(25)13-31-21)14-3-5-18(26)6-4-14/h3-10,13,16,22-23H,11-12H2,1-2H3. The highest BCUT2D eigenvalue weighted by atomic mass is 79.9. The van der Waals surface area contributed by atoms with E-state index in [0.717, 1.165) is 16.1 Å². The van der Waals surface area contributed by atoms with Gasteiger partial charge in [0.1, 0.15) is 17.3 Å². The molecule has 0 aliphatic carbocycles. The second kappa shape index (κ2) is 8.89.